The molecule has 2 heterocycles. The van der Waals surface area contributed by atoms with Crippen molar-refractivity contribution in [2.45, 2.75) is 38.7 Å². The van der Waals surface area contributed by atoms with Crippen LogP contribution in [0.5, 0.6) is 0 Å². The molecule has 0 bridgehead atoms. The van der Waals surface area contributed by atoms with Gasteiger partial charge in [0.15, 0.2) is 0 Å². The molecule has 2 rings (SSSR count). The van der Waals surface area contributed by atoms with Crippen LogP contribution in [0.1, 0.15) is 36.3 Å². The Morgan fingerprint density at radius 3 is 2.77 bits per heavy atom. The summed E-state index contributed by atoms with van der Waals surface area (Å²) in [5.41, 5.74) is 0.237. The van der Waals surface area contributed by atoms with Crippen molar-refractivity contribution in [3.8, 4) is 0 Å². The van der Waals surface area contributed by atoms with E-state index in [1.54, 1.807) is 0 Å². The number of nitrogens with zero attached hydrogens (tertiary/aromatic N) is 1. The molecular weight excluding hydrogens is 294 g/mol. The molecule has 0 aromatic carbocycles. The van der Waals surface area contributed by atoms with Crippen LogP contribution >= 0.6 is 0 Å². The Kier molecular flexibility index (Phi) is 4.65. The Morgan fingerprint density at radius 2 is 2.18 bits per heavy atom. The number of carbonyl (C=O) groups is 1. The van der Waals surface area contributed by atoms with E-state index >= 15 is 0 Å². The van der Waals surface area contributed by atoms with Gasteiger partial charge < -0.3 is 15.0 Å². The second kappa shape index (κ2) is 6.16. The number of carbonyl (C=O) groups excluding carboxylic acids is 1. The SMILES string of the molecule is CC(C)Cc1cc(C(=O)N2CC(F)(F)CC2CO)cc(=O)[nH]1. The van der Waals surface area contributed by atoms with E-state index in [9.17, 15) is 23.5 Å². The number of hydrogen-bond acceptors (Lipinski definition) is 3. The van der Waals surface area contributed by atoms with Gasteiger partial charge in [0.2, 0.25) is 5.56 Å². The zero-order chi connectivity index (χ0) is 16.5. The standard InChI is InChI=1S/C15H20F2N2O3/c1-9(2)3-11-4-10(5-13(21)18-11)14(22)19-8-15(16,17)6-12(19)7-20/h4-5,9,12,20H,3,6-8H2,1-2H3,(H,18,21). The third kappa shape index (κ3) is 3.71. The predicted octanol–water partition coefficient (Wildman–Crippen LogP) is 1.42. The number of likely N-dealkylation sites (tertiary alicyclic amines) is 1. The summed E-state index contributed by atoms with van der Waals surface area (Å²) in [4.78, 5) is 27.7. The van der Waals surface area contributed by atoms with Gasteiger partial charge in [0.05, 0.1) is 19.2 Å². The molecule has 1 aromatic rings. The van der Waals surface area contributed by atoms with E-state index in [4.69, 9.17) is 0 Å². The molecule has 1 atom stereocenters. The summed E-state index contributed by atoms with van der Waals surface area (Å²) in [5, 5.41) is 9.20. The molecule has 1 unspecified atom stereocenters. The minimum Gasteiger partial charge on any atom is -0.394 e. The van der Waals surface area contributed by atoms with Crippen LogP contribution in [0.3, 0.4) is 0 Å². The maximum Gasteiger partial charge on any atom is 0.267 e. The average molecular weight is 314 g/mol. The van der Waals surface area contributed by atoms with Crippen LogP contribution in [0.15, 0.2) is 16.9 Å². The van der Waals surface area contributed by atoms with Crippen molar-refractivity contribution >= 4 is 5.91 Å². The first-order valence-corrected chi connectivity index (χ1v) is 7.25. The molecule has 7 heteroatoms. The summed E-state index contributed by atoms with van der Waals surface area (Å²) in [6.07, 6.45) is 0.0211. The molecule has 5 nitrogen and oxygen atoms in total. The summed E-state index contributed by atoms with van der Waals surface area (Å²) in [6.45, 7) is 2.68. The molecule has 0 aliphatic carbocycles. The van der Waals surface area contributed by atoms with E-state index in [1.807, 2.05) is 13.8 Å². The lowest BCUT2D eigenvalue weighted by Gasteiger charge is -2.22. The van der Waals surface area contributed by atoms with E-state index in [0.29, 0.717) is 12.1 Å². The van der Waals surface area contributed by atoms with Crippen molar-refractivity contribution in [1.82, 2.24) is 9.88 Å². The Bertz CT molecular complexity index is 613. The number of aromatic amines is 1. The van der Waals surface area contributed by atoms with Gasteiger partial charge in [-0.15, -0.1) is 0 Å². The highest BCUT2D eigenvalue weighted by atomic mass is 19.3. The topological polar surface area (TPSA) is 73.4 Å². The lowest BCUT2D eigenvalue weighted by molar-refractivity contribution is 0.0116. The third-order valence-corrected chi connectivity index (χ3v) is 3.62. The van der Waals surface area contributed by atoms with Crippen LogP contribution < -0.4 is 5.56 Å². The molecule has 1 aliphatic heterocycles. The molecule has 1 amide bonds. The minimum absolute atomic E-state index is 0.0792. The maximum absolute atomic E-state index is 13.5. The highest BCUT2D eigenvalue weighted by Gasteiger charge is 2.46. The quantitative estimate of drug-likeness (QED) is 0.882. The first kappa shape index (κ1) is 16.6. The molecule has 1 aliphatic rings. The second-order valence-electron chi connectivity index (χ2n) is 6.19. The third-order valence-electron chi connectivity index (χ3n) is 3.62. The van der Waals surface area contributed by atoms with Gasteiger partial charge in [0.25, 0.3) is 11.8 Å². The highest BCUT2D eigenvalue weighted by Crippen LogP contribution is 2.32. The van der Waals surface area contributed by atoms with Gasteiger partial charge >= 0.3 is 0 Å². The van der Waals surface area contributed by atoms with Gasteiger partial charge in [-0.05, 0) is 18.4 Å². The van der Waals surface area contributed by atoms with E-state index in [0.717, 1.165) is 11.0 Å². The zero-order valence-electron chi connectivity index (χ0n) is 12.6. The number of aromatic nitrogens is 1. The summed E-state index contributed by atoms with van der Waals surface area (Å²) in [6, 6.07) is 1.71. The number of pyridine rings is 1. The van der Waals surface area contributed by atoms with Crippen LogP contribution in [0.2, 0.25) is 0 Å². The Hall–Kier alpha value is -1.76. The Balaban J connectivity index is 2.29. The summed E-state index contributed by atoms with van der Waals surface area (Å²) < 4.78 is 26.9. The zero-order valence-corrected chi connectivity index (χ0v) is 12.6. The largest absolute Gasteiger partial charge is 0.394 e. The fourth-order valence-corrected chi connectivity index (χ4v) is 2.74. The molecule has 0 saturated carbocycles. The van der Waals surface area contributed by atoms with Crippen molar-refractivity contribution in [3.63, 3.8) is 0 Å². The van der Waals surface area contributed by atoms with E-state index in [1.165, 1.54) is 6.07 Å². The minimum atomic E-state index is -3.01. The Morgan fingerprint density at radius 1 is 1.50 bits per heavy atom. The Labute approximate surface area is 127 Å². The van der Waals surface area contributed by atoms with Gasteiger partial charge in [0.1, 0.15) is 0 Å². The van der Waals surface area contributed by atoms with Crippen LogP contribution in [-0.4, -0.2) is 46.0 Å². The number of aliphatic hydroxyl groups is 1. The molecule has 1 saturated heterocycles. The smallest absolute Gasteiger partial charge is 0.267 e. The molecule has 22 heavy (non-hydrogen) atoms. The van der Waals surface area contributed by atoms with Gasteiger partial charge in [-0.3, -0.25) is 9.59 Å². The summed E-state index contributed by atoms with van der Waals surface area (Å²) in [7, 11) is 0. The van der Waals surface area contributed by atoms with Crippen molar-refractivity contribution in [2.24, 2.45) is 5.92 Å². The van der Waals surface area contributed by atoms with E-state index < -0.39 is 43.0 Å². The van der Waals surface area contributed by atoms with Crippen LogP contribution in [0.25, 0.3) is 0 Å². The first-order valence-electron chi connectivity index (χ1n) is 7.25. The lowest BCUT2D eigenvalue weighted by Crippen LogP contribution is -2.38. The van der Waals surface area contributed by atoms with Crippen LogP contribution in [0.4, 0.5) is 8.78 Å². The number of hydrogen-bond donors (Lipinski definition) is 2. The summed E-state index contributed by atoms with van der Waals surface area (Å²) >= 11 is 0. The number of H-pyrrole nitrogens is 1. The molecular formula is C15H20F2N2O3. The van der Waals surface area contributed by atoms with Gasteiger partial charge in [0, 0.05) is 23.7 Å². The fraction of sp³-hybridized carbons (Fsp3) is 0.600. The molecule has 0 radical (unpaired) electrons. The highest BCUT2D eigenvalue weighted by molar-refractivity contribution is 5.94. The lowest BCUT2D eigenvalue weighted by atomic mass is 10.1. The van der Waals surface area contributed by atoms with Gasteiger partial charge in [-0.2, -0.15) is 0 Å². The van der Waals surface area contributed by atoms with Crippen LogP contribution in [0, 0.1) is 5.92 Å². The predicted molar refractivity (Wildman–Crippen MR) is 77.1 cm³/mol. The normalized spacial score (nSPS) is 20.6. The van der Waals surface area contributed by atoms with Crippen LogP contribution in [-0.2, 0) is 6.42 Å². The molecule has 0 spiro atoms. The monoisotopic (exact) mass is 314 g/mol. The molecule has 2 N–H and O–H groups in total. The second-order valence-corrected chi connectivity index (χ2v) is 6.19. The number of alkyl halides is 2. The van der Waals surface area contributed by atoms with E-state index in [2.05, 4.69) is 4.98 Å². The van der Waals surface area contributed by atoms with Gasteiger partial charge in [-0.25, -0.2) is 8.78 Å². The molecule has 122 valence electrons. The van der Waals surface area contributed by atoms with Crippen molar-refractivity contribution in [2.75, 3.05) is 13.2 Å². The number of rotatable bonds is 4. The van der Waals surface area contributed by atoms with Crippen molar-refractivity contribution in [1.29, 1.82) is 0 Å². The number of aliphatic hydroxyl groups excluding tert-OH is 1. The van der Waals surface area contributed by atoms with Crippen molar-refractivity contribution in [3.05, 3.63) is 33.7 Å². The number of halogens is 2. The summed E-state index contributed by atoms with van der Waals surface area (Å²) in [5.74, 6) is -3.37. The number of nitrogens with one attached hydrogen (secondary N) is 1. The number of amides is 1. The van der Waals surface area contributed by atoms with Gasteiger partial charge in [-0.1, -0.05) is 13.8 Å². The first-order chi connectivity index (χ1) is 10.2. The van der Waals surface area contributed by atoms with E-state index in [-0.39, 0.29) is 11.5 Å². The molecule has 1 fully saturated rings. The average Bonchev–Trinajstić information content (AvgIpc) is 2.71. The fourth-order valence-electron chi connectivity index (χ4n) is 2.74. The molecule has 1 aromatic heterocycles. The van der Waals surface area contributed by atoms with Crippen molar-refractivity contribution < 1.29 is 18.7 Å². The maximum atomic E-state index is 13.5.